The van der Waals surface area contributed by atoms with Gasteiger partial charge >= 0.3 is 0 Å². The number of thiophene rings is 1. The zero-order chi connectivity index (χ0) is 17.0. The molecule has 6 rings (SSSR count). The minimum absolute atomic E-state index is 0.0567. The summed E-state index contributed by atoms with van der Waals surface area (Å²) in [6, 6.07) is 1.99. The van der Waals surface area contributed by atoms with Crippen molar-refractivity contribution in [2.24, 2.45) is 5.92 Å². The van der Waals surface area contributed by atoms with E-state index in [9.17, 15) is 9.59 Å². The number of piperidine rings is 3. The van der Waals surface area contributed by atoms with E-state index < -0.39 is 0 Å². The Bertz CT molecular complexity index is 852. The van der Waals surface area contributed by atoms with Crippen molar-refractivity contribution in [2.45, 2.75) is 18.9 Å². The zero-order valence-electron chi connectivity index (χ0n) is 13.9. The second-order valence-corrected chi connectivity index (χ2v) is 8.14. The number of hydrogen-bond donors (Lipinski definition) is 1. The highest BCUT2D eigenvalue weighted by atomic mass is 32.1. The lowest BCUT2D eigenvalue weighted by Gasteiger charge is -2.44. The molecule has 0 unspecified atom stereocenters. The number of nitrogens with zero attached hydrogens (tertiary/aromatic N) is 3. The molecule has 0 spiro atoms. The summed E-state index contributed by atoms with van der Waals surface area (Å²) in [4.78, 5) is 33.6. The van der Waals surface area contributed by atoms with Crippen molar-refractivity contribution in [3.05, 3.63) is 28.9 Å². The van der Waals surface area contributed by atoms with Crippen LogP contribution < -0.4 is 5.32 Å². The Labute approximate surface area is 149 Å². The third-order valence-corrected chi connectivity index (χ3v) is 6.56. The molecule has 25 heavy (non-hydrogen) atoms. The summed E-state index contributed by atoms with van der Waals surface area (Å²) >= 11 is 1.50. The molecule has 2 bridgehead atoms. The van der Waals surface area contributed by atoms with Crippen LogP contribution in [0.5, 0.6) is 0 Å². The van der Waals surface area contributed by atoms with Gasteiger partial charge in [-0.05, 0) is 37.9 Å². The molecule has 130 valence electrons. The molecule has 6 heterocycles. The van der Waals surface area contributed by atoms with Crippen molar-refractivity contribution in [2.75, 3.05) is 32.7 Å². The van der Waals surface area contributed by atoms with E-state index in [0.29, 0.717) is 17.2 Å². The van der Waals surface area contributed by atoms with Gasteiger partial charge in [-0.25, -0.2) is 4.98 Å². The van der Waals surface area contributed by atoms with E-state index in [2.05, 4.69) is 15.2 Å². The average molecular weight is 356 g/mol. The van der Waals surface area contributed by atoms with E-state index in [4.69, 9.17) is 0 Å². The number of hydrogen-bond acceptors (Lipinski definition) is 5. The van der Waals surface area contributed by atoms with Gasteiger partial charge < -0.3 is 15.1 Å². The van der Waals surface area contributed by atoms with Crippen molar-refractivity contribution < 1.29 is 9.59 Å². The zero-order valence-corrected chi connectivity index (χ0v) is 14.7. The third kappa shape index (κ3) is 2.71. The summed E-state index contributed by atoms with van der Waals surface area (Å²) < 4.78 is 0.949. The second kappa shape index (κ2) is 5.78. The highest BCUT2D eigenvalue weighted by Crippen LogP contribution is 2.30. The van der Waals surface area contributed by atoms with Gasteiger partial charge in [-0.15, -0.1) is 11.3 Å². The van der Waals surface area contributed by atoms with E-state index in [0.717, 1.165) is 55.7 Å². The molecule has 2 aromatic rings. The van der Waals surface area contributed by atoms with Crippen molar-refractivity contribution in [1.29, 1.82) is 0 Å². The van der Waals surface area contributed by atoms with E-state index in [-0.39, 0.29) is 17.9 Å². The molecular weight excluding hydrogens is 336 g/mol. The van der Waals surface area contributed by atoms with Crippen LogP contribution in [0.25, 0.3) is 10.1 Å². The highest BCUT2D eigenvalue weighted by molar-refractivity contribution is 7.17. The van der Waals surface area contributed by atoms with Gasteiger partial charge in [0.2, 0.25) is 0 Å². The van der Waals surface area contributed by atoms with Gasteiger partial charge in [-0.2, -0.15) is 0 Å². The number of carbonyl (C=O) groups is 2. The van der Waals surface area contributed by atoms with Crippen LogP contribution in [0.15, 0.2) is 17.6 Å². The maximum Gasteiger partial charge on any atom is 0.270 e. The number of rotatable bonds is 3. The molecule has 4 fully saturated rings. The molecular formula is C18H20N4O2S. The predicted octanol–water partition coefficient (Wildman–Crippen LogP) is 1.58. The van der Waals surface area contributed by atoms with Gasteiger partial charge in [0, 0.05) is 42.6 Å². The molecule has 2 aromatic heterocycles. The first-order valence-corrected chi connectivity index (χ1v) is 9.77. The fraction of sp³-hybridized carbons (Fsp3) is 0.500. The summed E-state index contributed by atoms with van der Waals surface area (Å²) in [5.41, 5.74) is 1.10. The van der Waals surface area contributed by atoms with Gasteiger partial charge in [-0.1, -0.05) is 0 Å². The molecule has 4 aliphatic heterocycles. The topological polar surface area (TPSA) is 65.3 Å². The van der Waals surface area contributed by atoms with Crippen molar-refractivity contribution >= 4 is 33.2 Å². The predicted molar refractivity (Wildman–Crippen MR) is 95.9 cm³/mol. The Balaban J connectivity index is 1.39. The van der Waals surface area contributed by atoms with E-state index in [1.54, 1.807) is 17.2 Å². The molecule has 0 aliphatic carbocycles. The Morgan fingerprint density at radius 3 is 2.68 bits per heavy atom. The average Bonchev–Trinajstić information content (AvgIpc) is 3.41. The first-order chi connectivity index (χ1) is 12.2. The lowest BCUT2D eigenvalue weighted by atomic mass is 9.84. The van der Waals surface area contributed by atoms with Crippen molar-refractivity contribution in [1.82, 2.24) is 20.1 Å². The third-order valence-electron chi connectivity index (χ3n) is 5.63. The molecule has 6 nitrogen and oxygen atoms in total. The number of pyridine rings is 1. The Morgan fingerprint density at radius 2 is 2.00 bits per heavy atom. The number of amides is 2. The largest absolute Gasteiger partial charge is 0.346 e. The monoisotopic (exact) mass is 356 g/mol. The van der Waals surface area contributed by atoms with Crippen LogP contribution in [-0.2, 0) is 0 Å². The van der Waals surface area contributed by atoms with Gasteiger partial charge in [0.15, 0.2) is 0 Å². The smallest absolute Gasteiger partial charge is 0.270 e. The maximum atomic E-state index is 12.7. The maximum absolute atomic E-state index is 12.7. The van der Waals surface area contributed by atoms with E-state index >= 15 is 0 Å². The van der Waals surface area contributed by atoms with Crippen LogP contribution in [0, 0.1) is 5.92 Å². The minimum Gasteiger partial charge on any atom is -0.346 e. The number of aromatic nitrogens is 1. The van der Waals surface area contributed by atoms with Crippen LogP contribution in [-0.4, -0.2) is 65.4 Å². The van der Waals surface area contributed by atoms with Crippen LogP contribution in [0.2, 0.25) is 0 Å². The molecule has 0 saturated carbocycles. The number of nitrogens with one attached hydrogen (secondary N) is 1. The second-order valence-electron chi connectivity index (χ2n) is 7.23. The molecule has 1 atom stereocenters. The van der Waals surface area contributed by atoms with Crippen molar-refractivity contribution in [3.8, 4) is 0 Å². The summed E-state index contributed by atoms with van der Waals surface area (Å²) in [5.74, 6) is 0.511. The lowest BCUT2D eigenvalue weighted by molar-refractivity contribution is 0.0617. The summed E-state index contributed by atoms with van der Waals surface area (Å²) in [6.45, 7) is 4.90. The summed E-state index contributed by atoms with van der Waals surface area (Å²) in [6.07, 6.45) is 4.04. The standard InChI is InChI=1S/C18H20N4O2S/c23-17(20-15-9-21-3-1-11(15)2-4-21)14-7-12-13(18(24)22-5-6-22)10-25-16(12)8-19-14/h7-8,10-11,15H,1-6,9H2,(H,20,23)/t15-/m0/s1. The highest BCUT2D eigenvalue weighted by Gasteiger charge is 2.35. The molecule has 4 saturated heterocycles. The van der Waals surface area contributed by atoms with Gasteiger partial charge in [-0.3, -0.25) is 9.59 Å². The van der Waals surface area contributed by atoms with E-state index in [1.807, 2.05) is 5.38 Å². The molecule has 4 aliphatic rings. The van der Waals surface area contributed by atoms with Crippen molar-refractivity contribution in [3.63, 3.8) is 0 Å². The first kappa shape index (κ1) is 15.3. The van der Waals surface area contributed by atoms with Crippen LogP contribution in [0.1, 0.15) is 33.7 Å². The van der Waals surface area contributed by atoms with Gasteiger partial charge in [0.1, 0.15) is 5.69 Å². The molecule has 2 amide bonds. The first-order valence-electron chi connectivity index (χ1n) is 8.89. The van der Waals surface area contributed by atoms with Gasteiger partial charge in [0.05, 0.1) is 10.3 Å². The Morgan fingerprint density at radius 1 is 1.20 bits per heavy atom. The molecule has 7 heteroatoms. The van der Waals surface area contributed by atoms with E-state index in [1.165, 1.54) is 11.3 Å². The molecule has 0 radical (unpaired) electrons. The SMILES string of the molecule is O=C(N[C@H]1CN2CCC1CC2)c1cc2c(C(=O)N3CC3)csc2cn1. The molecule has 0 aromatic carbocycles. The number of fused-ring (bicyclic) bond motifs is 4. The molecule has 1 N–H and O–H groups in total. The fourth-order valence-electron chi connectivity index (χ4n) is 4.02. The lowest BCUT2D eigenvalue weighted by Crippen LogP contribution is -2.57. The van der Waals surface area contributed by atoms with Gasteiger partial charge in [0.25, 0.3) is 11.8 Å². The van der Waals surface area contributed by atoms with Crippen LogP contribution in [0.4, 0.5) is 0 Å². The quantitative estimate of drug-likeness (QED) is 0.848. The Hall–Kier alpha value is -1.99. The normalized spacial score (nSPS) is 27.5. The number of carbonyl (C=O) groups excluding carboxylic acids is 2. The summed E-state index contributed by atoms with van der Waals surface area (Å²) in [7, 11) is 0. The van der Waals surface area contributed by atoms with Crippen LogP contribution >= 0.6 is 11.3 Å². The Kier molecular flexibility index (Phi) is 3.53. The summed E-state index contributed by atoms with van der Waals surface area (Å²) in [5, 5.41) is 5.89. The van der Waals surface area contributed by atoms with Crippen LogP contribution in [0.3, 0.4) is 0 Å². The minimum atomic E-state index is -0.128. The fourth-order valence-corrected chi connectivity index (χ4v) is 4.90.